The maximum Gasteiger partial charge on any atom is 0.248 e. The molecule has 1 N–H and O–H groups in total. The Morgan fingerprint density at radius 2 is 2.00 bits per heavy atom. The fraction of sp³-hybridized carbons (Fsp3) is 0.0625. The first-order chi connectivity index (χ1) is 10.1. The van der Waals surface area contributed by atoms with Crippen molar-refractivity contribution in [2.75, 3.05) is 12.4 Å². The zero-order chi connectivity index (χ0) is 15.2. The molecule has 0 aliphatic heterocycles. The summed E-state index contributed by atoms with van der Waals surface area (Å²) in [4.78, 5) is 11.7. The molecule has 0 saturated carbocycles. The van der Waals surface area contributed by atoms with E-state index in [1.807, 2.05) is 0 Å². The van der Waals surface area contributed by atoms with Crippen molar-refractivity contribution in [3.8, 4) is 5.75 Å². The minimum atomic E-state index is -0.821. The molecule has 1 amide bonds. The summed E-state index contributed by atoms with van der Waals surface area (Å²) in [6.45, 7) is 0. The van der Waals surface area contributed by atoms with Crippen LogP contribution in [0.1, 0.15) is 5.56 Å². The van der Waals surface area contributed by atoms with Crippen LogP contribution in [-0.2, 0) is 4.79 Å². The Morgan fingerprint density at radius 1 is 1.19 bits per heavy atom. The number of carbonyl (C=O) groups is 1. The van der Waals surface area contributed by atoms with Crippen LogP contribution in [0.2, 0.25) is 0 Å². The predicted molar refractivity (Wildman–Crippen MR) is 77.0 cm³/mol. The Hall–Kier alpha value is -2.69. The van der Waals surface area contributed by atoms with Gasteiger partial charge >= 0.3 is 0 Å². The van der Waals surface area contributed by atoms with Crippen LogP contribution in [0.4, 0.5) is 14.5 Å². The molecule has 21 heavy (non-hydrogen) atoms. The fourth-order valence-corrected chi connectivity index (χ4v) is 1.68. The Balaban J connectivity index is 2.05. The third-order valence-corrected chi connectivity index (χ3v) is 2.71. The van der Waals surface area contributed by atoms with E-state index in [1.54, 1.807) is 37.5 Å². The van der Waals surface area contributed by atoms with E-state index < -0.39 is 17.5 Å². The smallest absolute Gasteiger partial charge is 0.248 e. The van der Waals surface area contributed by atoms with Gasteiger partial charge in [0.1, 0.15) is 17.4 Å². The molecule has 108 valence electrons. The summed E-state index contributed by atoms with van der Waals surface area (Å²) < 4.78 is 31.2. The van der Waals surface area contributed by atoms with Gasteiger partial charge in [-0.15, -0.1) is 0 Å². The van der Waals surface area contributed by atoms with Crippen LogP contribution in [0, 0.1) is 11.6 Å². The van der Waals surface area contributed by atoms with Gasteiger partial charge in [-0.2, -0.15) is 0 Å². The van der Waals surface area contributed by atoms with Crippen LogP contribution in [0.15, 0.2) is 48.5 Å². The van der Waals surface area contributed by atoms with Crippen LogP contribution in [0.3, 0.4) is 0 Å². The summed E-state index contributed by atoms with van der Waals surface area (Å²) in [5.74, 6) is -1.36. The van der Waals surface area contributed by atoms with E-state index >= 15 is 0 Å². The van der Waals surface area contributed by atoms with E-state index in [0.29, 0.717) is 11.8 Å². The number of anilines is 1. The van der Waals surface area contributed by atoms with Crippen LogP contribution in [-0.4, -0.2) is 13.0 Å². The zero-order valence-corrected chi connectivity index (χ0v) is 11.3. The molecule has 0 saturated heterocycles. The second-order valence-electron chi connectivity index (χ2n) is 4.22. The first-order valence-electron chi connectivity index (χ1n) is 6.16. The van der Waals surface area contributed by atoms with Gasteiger partial charge in [-0.05, 0) is 35.9 Å². The average molecular weight is 289 g/mol. The lowest BCUT2D eigenvalue weighted by Gasteiger charge is -2.03. The first-order valence-corrected chi connectivity index (χ1v) is 6.16. The lowest BCUT2D eigenvalue weighted by molar-refractivity contribution is -0.111. The predicted octanol–water partition coefficient (Wildman–Crippen LogP) is 3.63. The molecule has 0 fully saturated rings. The van der Waals surface area contributed by atoms with Gasteiger partial charge in [-0.25, -0.2) is 8.78 Å². The number of hydrogen-bond acceptors (Lipinski definition) is 2. The van der Waals surface area contributed by atoms with Gasteiger partial charge in [0.15, 0.2) is 0 Å². The second-order valence-corrected chi connectivity index (χ2v) is 4.22. The van der Waals surface area contributed by atoms with E-state index in [-0.39, 0.29) is 5.69 Å². The maximum absolute atomic E-state index is 13.4. The lowest BCUT2D eigenvalue weighted by atomic mass is 10.2. The largest absolute Gasteiger partial charge is 0.497 e. The summed E-state index contributed by atoms with van der Waals surface area (Å²) in [7, 11) is 1.55. The third-order valence-electron chi connectivity index (χ3n) is 2.71. The summed E-state index contributed by atoms with van der Waals surface area (Å²) in [6.07, 6.45) is 2.83. The van der Waals surface area contributed by atoms with Gasteiger partial charge in [-0.3, -0.25) is 4.79 Å². The highest BCUT2D eigenvalue weighted by atomic mass is 19.1. The number of nitrogens with one attached hydrogen (secondary N) is 1. The average Bonchev–Trinajstić information content (AvgIpc) is 2.48. The van der Waals surface area contributed by atoms with Crippen molar-refractivity contribution in [1.29, 1.82) is 0 Å². The molecule has 2 aromatic rings. The molecule has 2 aromatic carbocycles. The molecule has 0 unspecified atom stereocenters. The van der Waals surface area contributed by atoms with Gasteiger partial charge in [0.2, 0.25) is 5.91 Å². The Kier molecular flexibility index (Phi) is 4.66. The molecule has 3 nitrogen and oxygen atoms in total. The SMILES string of the molecule is COc1cccc(/C=C/C(=O)Nc2ccc(F)cc2F)c1. The molecule has 2 rings (SSSR count). The van der Waals surface area contributed by atoms with Crippen LogP contribution >= 0.6 is 0 Å². The zero-order valence-electron chi connectivity index (χ0n) is 11.3. The highest BCUT2D eigenvalue weighted by Crippen LogP contribution is 2.16. The maximum atomic E-state index is 13.4. The number of methoxy groups -OCH3 is 1. The van der Waals surface area contributed by atoms with E-state index in [2.05, 4.69) is 5.32 Å². The Bertz CT molecular complexity index is 684. The molecule has 5 heteroatoms. The normalized spacial score (nSPS) is 10.6. The number of hydrogen-bond donors (Lipinski definition) is 1. The number of ether oxygens (including phenoxy) is 1. The van der Waals surface area contributed by atoms with Gasteiger partial charge in [0.05, 0.1) is 12.8 Å². The highest BCUT2D eigenvalue weighted by molar-refractivity contribution is 6.02. The minimum absolute atomic E-state index is 0.0725. The van der Waals surface area contributed by atoms with Crippen molar-refractivity contribution in [3.05, 3.63) is 65.7 Å². The topological polar surface area (TPSA) is 38.3 Å². The summed E-state index contributed by atoms with van der Waals surface area (Å²) >= 11 is 0. The van der Waals surface area contributed by atoms with Crippen molar-refractivity contribution in [2.24, 2.45) is 0 Å². The number of rotatable bonds is 4. The number of carbonyl (C=O) groups excluding carboxylic acids is 1. The molecule has 0 bridgehead atoms. The molecular formula is C16H13F2NO2. The number of amides is 1. The van der Waals surface area contributed by atoms with E-state index in [9.17, 15) is 13.6 Å². The molecular weight excluding hydrogens is 276 g/mol. The van der Waals surface area contributed by atoms with Crippen LogP contribution in [0.25, 0.3) is 6.08 Å². The molecule has 0 aromatic heterocycles. The van der Waals surface area contributed by atoms with Crippen molar-refractivity contribution in [3.63, 3.8) is 0 Å². The quantitative estimate of drug-likeness (QED) is 0.873. The van der Waals surface area contributed by atoms with Crippen LogP contribution < -0.4 is 10.1 Å². The molecule has 0 aliphatic rings. The molecule has 0 radical (unpaired) electrons. The van der Waals surface area contributed by atoms with Crippen molar-refractivity contribution in [2.45, 2.75) is 0 Å². The van der Waals surface area contributed by atoms with Gasteiger partial charge in [0.25, 0.3) is 0 Å². The monoisotopic (exact) mass is 289 g/mol. The van der Waals surface area contributed by atoms with E-state index in [4.69, 9.17) is 4.74 Å². The van der Waals surface area contributed by atoms with Crippen molar-refractivity contribution in [1.82, 2.24) is 0 Å². The number of benzene rings is 2. The summed E-state index contributed by atoms with van der Waals surface area (Å²) in [5, 5.41) is 2.34. The molecule has 0 atom stereocenters. The van der Waals surface area contributed by atoms with Gasteiger partial charge in [-0.1, -0.05) is 12.1 Å². The fourth-order valence-electron chi connectivity index (χ4n) is 1.68. The van der Waals surface area contributed by atoms with E-state index in [1.165, 1.54) is 12.1 Å². The van der Waals surface area contributed by atoms with Crippen molar-refractivity contribution >= 4 is 17.7 Å². The third kappa shape index (κ3) is 4.14. The number of halogens is 2. The minimum Gasteiger partial charge on any atom is -0.497 e. The Labute approximate surface area is 120 Å². The lowest BCUT2D eigenvalue weighted by Crippen LogP contribution is -2.09. The van der Waals surface area contributed by atoms with Crippen molar-refractivity contribution < 1.29 is 18.3 Å². The summed E-state index contributed by atoms with van der Waals surface area (Å²) in [6, 6.07) is 10.1. The molecule has 0 heterocycles. The molecule has 0 aliphatic carbocycles. The second kappa shape index (κ2) is 6.65. The first kappa shape index (κ1) is 14.7. The summed E-state index contributed by atoms with van der Waals surface area (Å²) in [5.41, 5.74) is 0.695. The van der Waals surface area contributed by atoms with Gasteiger partial charge < -0.3 is 10.1 Å². The van der Waals surface area contributed by atoms with Gasteiger partial charge in [0, 0.05) is 12.1 Å². The molecule has 0 spiro atoms. The van der Waals surface area contributed by atoms with E-state index in [0.717, 1.165) is 11.6 Å². The van der Waals surface area contributed by atoms with Crippen LogP contribution in [0.5, 0.6) is 5.75 Å². The standard InChI is InChI=1S/C16H13F2NO2/c1-21-13-4-2-3-11(9-13)5-8-16(20)19-15-7-6-12(17)10-14(15)18/h2-10H,1H3,(H,19,20)/b8-5+. The highest BCUT2D eigenvalue weighted by Gasteiger charge is 2.05. The Morgan fingerprint density at radius 3 is 2.71 bits per heavy atom.